The third-order valence-corrected chi connectivity index (χ3v) is 4.40. The van der Waals surface area contributed by atoms with Crippen LogP contribution < -0.4 is 10.5 Å². The van der Waals surface area contributed by atoms with Gasteiger partial charge in [0.2, 0.25) is 0 Å². The van der Waals surface area contributed by atoms with Gasteiger partial charge in [-0.05, 0) is 20.8 Å². The van der Waals surface area contributed by atoms with Gasteiger partial charge in [-0.15, -0.1) is 5.39 Å². The second-order valence-electron chi connectivity index (χ2n) is 7.60. The molecule has 0 unspecified atom stereocenters. The Morgan fingerprint density at radius 3 is 2.76 bits per heavy atom. The standard InChI is InChI=1S/C20H23ClN3O3.CH3.U/c1-12(22)16-10-14(11-24(16)19(25)27-20(2,3)4)26-18-15-8-6-5-7-13(15)9-17(21)23-18;;/h6-9,14,16H,1,10-11,22H2,2-4H3;1H3;/q2*-1;+2/t14-,16+;;/m1../s1. The molecule has 0 spiro atoms. The maximum Gasteiger partial charge on any atom is 2.00 e. The van der Waals surface area contributed by atoms with E-state index >= 15 is 0 Å². The Morgan fingerprint density at radius 2 is 2.14 bits per heavy atom. The van der Waals surface area contributed by atoms with Gasteiger partial charge in [0.25, 0.3) is 0 Å². The molecule has 0 bridgehead atoms. The van der Waals surface area contributed by atoms with Crippen LogP contribution in [0, 0.1) is 44.6 Å². The first-order chi connectivity index (χ1) is 12.6. The molecule has 1 fully saturated rings. The van der Waals surface area contributed by atoms with E-state index < -0.39 is 11.7 Å². The first-order valence-electron chi connectivity index (χ1n) is 8.71. The molecule has 2 atom stereocenters. The normalized spacial score (nSPS) is 18.6. The minimum Gasteiger partial charge on any atom is -0.473 e. The van der Waals surface area contributed by atoms with Crippen LogP contribution in [0.4, 0.5) is 4.79 Å². The molecule has 0 radical (unpaired) electrons. The fourth-order valence-electron chi connectivity index (χ4n) is 3.08. The van der Waals surface area contributed by atoms with Gasteiger partial charge in [0.1, 0.15) is 16.9 Å². The van der Waals surface area contributed by atoms with Crippen LogP contribution in [-0.2, 0) is 4.74 Å². The molecule has 1 aliphatic heterocycles. The second-order valence-corrected chi connectivity index (χ2v) is 7.98. The summed E-state index contributed by atoms with van der Waals surface area (Å²) < 4.78 is 11.6. The number of hydrogen-bond donors (Lipinski definition) is 1. The Hall–Kier alpha value is -1.42. The number of nitrogens with zero attached hydrogens (tertiary/aromatic N) is 2. The van der Waals surface area contributed by atoms with Gasteiger partial charge < -0.3 is 22.6 Å². The van der Waals surface area contributed by atoms with Gasteiger partial charge in [-0.25, -0.2) is 9.78 Å². The Bertz CT molecular complexity index is 885. The second kappa shape index (κ2) is 10.1. The molecule has 2 N–H and O–H groups in total. The average Bonchev–Trinajstić information content (AvgIpc) is 2.97. The van der Waals surface area contributed by atoms with E-state index in [0.717, 1.165) is 10.8 Å². The van der Waals surface area contributed by atoms with Gasteiger partial charge in [-0.1, -0.05) is 29.6 Å². The SMILES string of the molecule is C=C(N)[C@@H]1C[C@@H](Oc2nc(Cl)cc3c[c-]ccc23)CN1C(=O)OC(C)(C)C.[CH3-].[U+2]. The molecular formula is C21H26ClN3O3U. The van der Waals surface area contributed by atoms with Crippen LogP contribution in [0.5, 0.6) is 5.88 Å². The molecule has 2 heterocycles. The van der Waals surface area contributed by atoms with Crippen LogP contribution in [0.25, 0.3) is 10.8 Å². The number of amides is 1. The number of halogens is 1. The maximum absolute atomic E-state index is 12.6. The molecule has 1 amide bonds. The molecule has 3 rings (SSSR count). The van der Waals surface area contributed by atoms with E-state index in [0.29, 0.717) is 29.7 Å². The third kappa shape index (κ3) is 6.28. The summed E-state index contributed by atoms with van der Waals surface area (Å²) in [4.78, 5) is 18.4. The summed E-state index contributed by atoms with van der Waals surface area (Å²) >= 11 is 6.12. The van der Waals surface area contributed by atoms with Crippen LogP contribution in [-0.4, -0.2) is 40.3 Å². The number of fused-ring (bicyclic) bond motifs is 1. The summed E-state index contributed by atoms with van der Waals surface area (Å²) in [5.74, 6) is 0.420. The zero-order chi connectivity index (χ0) is 19.8. The summed E-state index contributed by atoms with van der Waals surface area (Å²) in [5.41, 5.74) is 5.71. The van der Waals surface area contributed by atoms with Crippen molar-refractivity contribution >= 4 is 28.5 Å². The number of ether oxygens (including phenoxy) is 2. The molecule has 1 aromatic heterocycles. The van der Waals surface area contributed by atoms with Crippen molar-refractivity contribution in [1.82, 2.24) is 9.88 Å². The Morgan fingerprint density at radius 1 is 1.45 bits per heavy atom. The van der Waals surface area contributed by atoms with E-state index in [9.17, 15) is 4.79 Å². The summed E-state index contributed by atoms with van der Waals surface area (Å²) in [5, 5.41) is 2.05. The van der Waals surface area contributed by atoms with Crippen molar-refractivity contribution in [3.05, 3.63) is 55.2 Å². The molecule has 154 valence electrons. The number of rotatable bonds is 3. The van der Waals surface area contributed by atoms with Crippen LogP contribution in [0.1, 0.15) is 27.2 Å². The number of nitrogens with two attached hydrogens (primary N) is 1. The molecule has 1 aromatic carbocycles. The first kappa shape index (κ1) is 25.6. The van der Waals surface area contributed by atoms with Gasteiger partial charge in [-0.3, -0.25) is 4.90 Å². The predicted molar refractivity (Wildman–Crippen MR) is 111 cm³/mol. The van der Waals surface area contributed by atoms with Crippen molar-refractivity contribution in [2.24, 2.45) is 5.73 Å². The van der Waals surface area contributed by atoms with E-state index in [2.05, 4.69) is 17.6 Å². The smallest absolute Gasteiger partial charge is 0.473 e. The number of benzene rings is 1. The van der Waals surface area contributed by atoms with Crippen LogP contribution >= 0.6 is 11.6 Å². The molecular weight excluding hydrogens is 616 g/mol. The molecule has 6 nitrogen and oxygen atoms in total. The molecule has 8 heteroatoms. The molecule has 29 heavy (non-hydrogen) atoms. The van der Waals surface area contributed by atoms with Crippen LogP contribution in [0.3, 0.4) is 0 Å². The van der Waals surface area contributed by atoms with E-state index in [1.54, 1.807) is 17.0 Å². The van der Waals surface area contributed by atoms with E-state index in [4.69, 9.17) is 26.8 Å². The molecule has 1 saturated heterocycles. The van der Waals surface area contributed by atoms with Gasteiger partial charge in [0, 0.05) is 12.1 Å². The van der Waals surface area contributed by atoms with E-state index in [1.807, 2.05) is 32.9 Å². The summed E-state index contributed by atoms with van der Waals surface area (Å²) in [6, 6.07) is 9.89. The first-order valence-corrected chi connectivity index (χ1v) is 9.09. The van der Waals surface area contributed by atoms with Gasteiger partial charge in [0.15, 0.2) is 5.88 Å². The Kier molecular flexibility index (Phi) is 8.89. The van der Waals surface area contributed by atoms with E-state index in [1.165, 1.54) is 0 Å². The van der Waals surface area contributed by atoms with Crippen LogP contribution in [0.15, 0.2) is 36.5 Å². The molecule has 0 saturated carbocycles. The van der Waals surface area contributed by atoms with Gasteiger partial charge >= 0.3 is 37.2 Å². The zero-order valence-electron chi connectivity index (χ0n) is 17.2. The summed E-state index contributed by atoms with van der Waals surface area (Å²) in [6.45, 7) is 9.59. The molecule has 1 aliphatic rings. The van der Waals surface area contributed by atoms with Crippen molar-refractivity contribution in [2.45, 2.75) is 44.9 Å². The van der Waals surface area contributed by atoms with Crippen LogP contribution in [0.2, 0.25) is 5.15 Å². The fraction of sp³-hybridized carbons (Fsp3) is 0.381. The number of pyridine rings is 1. The minimum atomic E-state index is -0.599. The van der Waals surface area contributed by atoms with Crippen molar-refractivity contribution in [1.29, 1.82) is 0 Å². The predicted octanol–water partition coefficient (Wildman–Crippen LogP) is 4.37. The Labute approximate surface area is 201 Å². The number of hydrogen-bond acceptors (Lipinski definition) is 5. The van der Waals surface area contributed by atoms with E-state index in [-0.39, 0.29) is 50.7 Å². The van der Waals surface area contributed by atoms with Gasteiger partial charge in [-0.2, -0.15) is 24.3 Å². The number of carbonyl (C=O) groups is 1. The summed E-state index contributed by atoms with van der Waals surface area (Å²) in [7, 11) is 0. The number of likely N-dealkylation sites (tertiary alicyclic amines) is 1. The topological polar surface area (TPSA) is 77.7 Å². The number of aromatic nitrogens is 1. The quantitative estimate of drug-likeness (QED) is 0.398. The fourth-order valence-corrected chi connectivity index (χ4v) is 3.27. The van der Waals surface area contributed by atoms with Crippen molar-refractivity contribution in [3.63, 3.8) is 0 Å². The largest absolute Gasteiger partial charge is 2.00 e. The molecule has 2 aromatic rings. The van der Waals surface area contributed by atoms with Crippen molar-refractivity contribution in [3.8, 4) is 5.88 Å². The maximum atomic E-state index is 12.6. The third-order valence-electron chi connectivity index (χ3n) is 4.21. The zero-order valence-corrected chi connectivity index (χ0v) is 22.1. The Balaban J connectivity index is 0.00000210. The van der Waals surface area contributed by atoms with Crippen molar-refractivity contribution < 1.29 is 45.4 Å². The monoisotopic (exact) mass is 641 g/mol. The number of carbonyl (C=O) groups excluding carboxylic acids is 1. The molecule has 0 aliphatic carbocycles. The minimum absolute atomic E-state index is 0. The van der Waals surface area contributed by atoms with Crippen molar-refractivity contribution in [2.75, 3.05) is 6.54 Å². The average molecular weight is 642 g/mol. The summed E-state index contributed by atoms with van der Waals surface area (Å²) in [6.07, 6.45) is -0.242. The van der Waals surface area contributed by atoms with Gasteiger partial charge in [0.05, 0.1) is 12.6 Å².